The fourth-order valence-electron chi connectivity index (χ4n) is 2.81. The zero-order valence-electron chi connectivity index (χ0n) is 14.6. The van der Waals surface area contributed by atoms with Crippen molar-refractivity contribution in [2.45, 2.75) is 64.4 Å². The van der Waals surface area contributed by atoms with E-state index in [-0.39, 0.29) is 24.0 Å². The van der Waals surface area contributed by atoms with Crippen LogP contribution in [0.5, 0.6) is 0 Å². The molecule has 0 bridgehead atoms. The van der Waals surface area contributed by atoms with Gasteiger partial charge in [-0.15, -0.1) is 0 Å². The minimum absolute atomic E-state index is 0.0435. The molecule has 4 nitrogen and oxygen atoms in total. The number of carbonyl (C=O) groups is 2. The van der Waals surface area contributed by atoms with E-state index in [1.165, 1.54) is 0 Å². The Bertz CT molecular complexity index is 476. The summed E-state index contributed by atoms with van der Waals surface area (Å²) < 4.78 is 0. The highest BCUT2D eigenvalue weighted by molar-refractivity contribution is 5.95. The summed E-state index contributed by atoms with van der Waals surface area (Å²) in [6.07, 6.45) is 17.0. The highest BCUT2D eigenvalue weighted by atomic mass is 16.4. The Labute approximate surface area is 145 Å². The Morgan fingerprint density at radius 3 is 2.79 bits per heavy atom. The standard InChI is InChI=1S/C20H30O4/c1-2-3-6-9-17(21)14-12-16-13-15-19(22)18(16)10-7-4-5-8-11-20(23)24/h4,7,12-18,21H,2-3,5-6,8-11H2,1H3,(H,23,24)/b7-4-,14-12+/t16?,17-,18?/m1/s1. The molecular weight excluding hydrogens is 304 g/mol. The van der Waals surface area contributed by atoms with Crippen molar-refractivity contribution in [1.29, 1.82) is 0 Å². The van der Waals surface area contributed by atoms with E-state index >= 15 is 0 Å². The third-order valence-electron chi connectivity index (χ3n) is 4.29. The SMILES string of the molecule is CCCCC[C@@H](O)/C=C/C1C=CC(=O)C1C/C=C\CCCC(=O)O. The zero-order valence-corrected chi connectivity index (χ0v) is 14.6. The average Bonchev–Trinajstić information content (AvgIpc) is 2.89. The number of carboxylic acid groups (broad SMARTS) is 1. The Morgan fingerprint density at radius 1 is 1.29 bits per heavy atom. The minimum Gasteiger partial charge on any atom is -0.481 e. The van der Waals surface area contributed by atoms with Crippen LogP contribution in [0.2, 0.25) is 0 Å². The molecule has 1 aliphatic rings. The first-order valence-corrected chi connectivity index (χ1v) is 8.99. The topological polar surface area (TPSA) is 74.6 Å². The van der Waals surface area contributed by atoms with Gasteiger partial charge in [-0.05, 0) is 31.8 Å². The van der Waals surface area contributed by atoms with Gasteiger partial charge in [0.2, 0.25) is 0 Å². The average molecular weight is 334 g/mol. The van der Waals surface area contributed by atoms with E-state index in [1.54, 1.807) is 6.08 Å². The van der Waals surface area contributed by atoms with Crippen LogP contribution in [0, 0.1) is 11.8 Å². The molecule has 1 rings (SSSR count). The fraction of sp³-hybridized carbons (Fsp3) is 0.600. The number of ketones is 1. The van der Waals surface area contributed by atoms with Crippen molar-refractivity contribution >= 4 is 11.8 Å². The Balaban J connectivity index is 2.38. The number of allylic oxidation sites excluding steroid dienone is 5. The minimum atomic E-state index is -0.777. The lowest BCUT2D eigenvalue weighted by molar-refractivity contribution is -0.137. The molecule has 0 saturated heterocycles. The molecule has 0 heterocycles. The molecule has 134 valence electrons. The van der Waals surface area contributed by atoms with E-state index in [2.05, 4.69) is 6.92 Å². The smallest absolute Gasteiger partial charge is 0.303 e. The van der Waals surface area contributed by atoms with Crippen LogP contribution in [0.15, 0.2) is 36.5 Å². The summed E-state index contributed by atoms with van der Waals surface area (Å²) in [6, 6.07) is 0. The van der Waals surface area contributed by atoms with Crippen LogP contribution < -0.4 is 0 Å². The monoisotopic (exact) mass is 334 g/mol. The first-order chi connectivity index (χ1) is 11.5. The largest absolute Gasteiger partial charge is 0.481 e. The molecule has 24 heavy (non-hydrogen) atoms. The Morgan fingerprint density at radius 2 is 2.08 bits per heavy atom. The molecule has 4 heteroatoms. The van der Waals surface area contributed by atoms with E-state index in [0.29, 0.717) is 12.8 Å². The lowest BCUT2D eigenvalue weighted by atomic mass is 9.90. The van der Waals surface area contributed by atoms with Gasteiger partial charge in [0.05, 0.1) is 6.10 Å². The number of carboxylic acids is 1. The van der Waals surface area contributed by atoms with Crippen molar-refractivity contribution in [2.75, 3.05) is 0 Å². The van der Waals surface area contributed by atoms with E-state index in [1.807, 2.05) is 30.4 Å². The summed E-state index contributed by atoms with van der Waals surface area (Å²) in [6.45, 7) is 2.14. The van der Waals surface area contributed by atoms with Gasteiger partial charge in [0.15, 0.2) is 5.78 Å². The molecule has 0 spiro atoms. The predicted molar refractivity (Wildman–Crippen MR) is 95.7 cm³/mol. The molecule has 0 aliphatic heterocycles. The molecule has 0 aromatic heterocycles. The zero-order chi connectivity index (χ0) is 17.8. The second-order valence-electron chi connectivity index (χ2n) is 6.39. The highest BCUT2D eigenvalue weighted by Crippen LogP contribution is 2.27. The van der Waals surface area contributed by atoms with Crippen molar-refractivity contribution in [3.8, 4) is 0 Å². The normalized spacial score (nSPS) is 22.0. The van der Waals surface area contributed by atoms with E-state index in [0.717, 1.165) is 32.1 Å². The van der Waals surface area contributed by atoms with Gasteiger partial charge in [0.25, 0.3) is 0 Å². The lowest BCUT2D eigenvalue weighted by Gasteiger charge is -2.13. The molecule has 2 unspecified atom stereocenters. The predicted octanol–water partition coefficient (Wildman–Crippen LogP) is 4.06. The number of carbonyl (C=O) groups excluding carboxylic acids is 1. The molecule has 3 atom stereocenters. The van der Waals surface area contributed by atoms with Crippen molar-refractivity contribution < 1.29 is 19.8 Å². The van der Waals surface area contributed by atoms with Gasteiger partial charge in [0.1, 0.15) is 0 Å². The van der Waals surface area contributed by atoms with Crippen molar-refractivity contribution in [3.63, 3.8) is 0 Å². The number of hydrogen-bond acceptors (Lipinski definition) is 3. The molecule has 0 radical (unpaired) electrons. The molecule has 1 aliphatic carbocycles. The first kappa shape index (κ1) is 20.4. The lowest BCUT2D eigenvalue weighted by Crippen LogP contribution is -2.14. The van der Waals surface area contributed by atoms with Gasteiger partial charge in [-0.2, -0.15) is 0 Å². The highest BCUT2D eigenvalue weighted by Gasteiger charge is 2.27. The van der Waals surface area contributed by atoms with Crippen molar-refractivity contribution in [1.82, 2.24) is 0 Å². The van der Waals surface area contributed by atoms with Gasteiger partial charge in [-0.1, -0.05) is 56.6 Å². The number of rotatable bonds is 12. The van der Waals surface area contributed by atoms with Crippen LogP contribution in [-0.4, -0.2) is 28.1 Å². The van der Waals surface area contributed by atoms with Gasteiger partial charge in [-0.25, -0.2) is 0 Å². The van der Waals surface area contributed by atoms with Gasteiger partial charge in [0, 0.05) is 18.3 Å². The quantitative estimate of drug-likeness (QED) is 0.417. The molecular formula is C20H30O4. The molecule has 0 aromatic rings. The Kier molecular flexibility index (Phi) is 10.0. The second kappa shape index (κ2) is 11.8. The summed E-state index contributed by atoms with van der Waals surface area (Å²) in [5, 5.41) is 18.5. The van der Waals surface area contributed by atoms with E-state index in [9.17, 15) is 14.7 Å². The summed E-state index contributed by atoms with van der Waals surface area (Å²) in [5.74, 6) is -0.705. The maximum absolute atomic E-state index is 12.0. The van der Waals surface area contributed by atoms with Crippen LogP contribution in [-0.2, 0) is 9.59 Å². The number of aliphatic carboxylic acids is 1. The third-order valence-corrected chi connectivity index (χ3v) is 4.29. The van der Waals surface area contributed by atoms with Gasteiger partial charge in [-0.3, -0.25) is 9.59 Å². The van der Waals surface area contributed by atoms with Crippen molar-refractivity contribution in [2.24, 2.45) is 11.8 Å². The summed E-state index contributed by atoms with van der Waals surface area (Å²) >= 11 is 0. The van der Waals surface area contributed by atoms with Crippen LogP contribution in [0.4, 0.5) is 0 Å². The molecule has 0 amide bonds. The maximum atomic E-state index is 12.0. The number of unbranched alkanes of at least 4 members (excludes halogenated alkanes) is 3. The van der Waals surface area contributed by atoms with Gasteiger partial charge < -0.3 is 10.2 Å². The van der Waals surface area contributed by atoms with Crippen LogP contribution in [0.25, 0.3) is 0 Å². The molecule has 0 fully saturated rings. The number of aliphatic hydroxyl groups is 1. The maximum Gasteiger partial charge on any atom is 0.303 e. The van der Waals surface area contributed by atoms with Crippen LogP contribution >= 0.6 is 0 Å². The number of aliphatic hydroxyl groups excluding tert-OH is 1. The fourth-order valence-corrected chi connectivity index (χ4v) is 2.81. The van der Waals surface area contributed by atoms with E-state index < -0.39 is 12.1 Å². The first-order valence-electron chi connectivity index (χ1n) is 8.99. The van der Waals surface area contributed by atoms with Crippen LogP contribution in [0.3, 0.4) is 0 Å². The molecule has 0 aromatic carbocycles. The summed E-state index contributed by atoms with van der Waals surface area (Å²) in [5.41, 5.74) is 0. The van der Waals surface area contributed by atoms with E-state index in [4.69, 9.17) is 5.11 Å². The summed E-state index contributed by atoms with van der Waals surface area (Å²) in [4.78, 5) is 22.4. The number of hydrogen-bond donors (Lipinski definition) is 2. The van der Waals surface area contributed by atoms with Crippen molar-refractivity contribution in [3.05, 3.63) is 36.5 Å². The van der Waals surface area contributed by atoms with Crippen LogP contribution in [0.1, 0.15) is 58.3 Å². The molecule has 0 saturated carbocycles. The Hall–Kier alpha value is -1.68. The molecule has 2 N–H and O–H groups in total. The summed E-state index contributed by atoms with van der Waals surface area (Å²) in [7, 11) is 0. The third kappa shape index (κ3) is 8.25. The van der Waals surface area contributed by atoms with Gasteiger partial charge >= 0.3 is 5.97 Å². The second-order valence-corrected chi connectivity index (χ2v) is 6.39.